The number of fused-ring (bicyclic) bond motifs is 2. The molecule has 0 radical (unpaired) electrons. The van der Waals surface area contributed by atoms with Crippen molar-refractivity contribution in [3.05, 3.63) is 41.1 Å². The zero-order chi connectivity index (χ0) is 11.8. The first-order chi connectivity index (χ1) is 8.31. The minimum atomic E-state index is -0.0537. The van der Waals surface area contributed by atoms with Crippen LogP contribution in [0.5, 0.6) is 0 Å². The molecule has 2 aromatic rings. The van der Waals surface area contributed by atoms with Gasteiger partial charge in [0.15, 0.2) is 6.29 Å². The van der Waals surface area contributed by atoms with Gasteiger partial charge in [0, 0.05) is 10.9 Å². The third-order valence-electron chi connectivity index (χ3n) is 3.37. The van der Waals surface area contributed by atoms with Crippen molar-refractivity contribution in [2.24, 2.45) is 0 Å². The Balaban J connectivity index is 2.39. The number of aldehydes is 1. The number of hydrogen-bond acceptors (Lipinski definition) is 2. The van der Waals surface area contributed by atoms with Crippen molar-refractivity contribution in [1.82, 2.24) is 4.98 Å². The van der Waals surface area contributed by atoms with Gasteiger partial charge < -0.3 is 0 Å². The topological polar surface area (TPSA) is 30.0 Å². The monoisotopic (exact) mass is 245 g/mol. The van der Waals surface area contributed by atoms with Gasteiger partial charge in [-0.25, -0.2) is 0 Å². The number of halogens is 1. The number of para-hydroxylation sites is 1. The third-order valence-corrected chi connectivity index (χ3v) is 3.79. The van der Waals surface area contributed by atoms with Gasteiger partial charge in [0.25, 0.3) is 0 Å². The van der Waals surface area contributed by atoms with E-state index in [1.807, 2.05) is 24.3 Å². The quantitative estimate of drug-likeness (QED) is 0.567. The number of rotatable bonds is 1. The number of benzene rings is 1. The lowest BCUT2D eigenvalue weighted by atomic mass is 9.90. The van der Waals surface area contributed by atoms with Crippen molar-refractivity contribution >= 4 is 28.8 Å². The summed E-state index contributed by atoms with van der Waals surface area (Å²) in [6.07, 6.45) is 3.82. The lowest BCUT2D eigenvalue weighted by Crippen LogP contribution is -2.11. The maximum absolute atomic E-state index is 11.3. The summed E-state index contributed by atoms with van der Waals surface area (Å²) >= 11 is 6.30. The fraction of sp³-hybridized carbons (Fsp3) is 0.286. The van der Waals surface area contributed by atoms with Gasteiger partial charge in [-0.05, 0) is 30.9 Å². The molecule has 1 aromatic carbocycles. The van der Waals surface area contributed by atoms with Crippen LogP contribution in [-0.2, 0) is 6.42 Å². The number of nitrogens with zero attached hydrogens (tertiary/aromatic N) is 1. The smallest absolute Gasteiger partial charge is 0.151 e. The predicted octanol–water partition coefficient (Wildman–Crippen LogP) is 3.66. The molecule has 0 N–H and O–H groups in total. The lowest BCUT2D eigenvalue weighted by molar-refractivity contribution is 0.112. The molecule has 0 fully saturated rings. The highest BCUT2D eigenvalue weighted by atomic mass is 35.5. The van der Waals surface area contributed by atoms with Crippen molar-refractivity contribution in [3.8, 4) is 0 Å². The van der Waals surface area contributed by atoms with Gasteiger partial charge in [-0.3, -0.25) is 9.78 Å². The molecule has 3 rings (SSSR count). The zero-order valence-electron chi connectivity index (χ0n) is 9.32. The van der Waals surface area contributed by atoms with E-state index in [1.54, 1.807) is 0 Å². The number of carbonyl (C=O) groups is 1. The molecule has 1 unspecified atom stereocenters. The van der Waals surface area contributed by atoms with Gasteiger partial charge in [-0.2, -0.15) is 0 Å². The molecule has 0 saturated carbocycles. The van der Waals surface area contributed by atoms with E-state index >= 15 is 0 Å². The third kappa shape index (κ3) is 1.64. The summed E-state index contributed by atoms with van der Waals surface area (Å²) in [5.41, 5.74) is 3.58. The Bertz CT molecular complexity index is 594. The van der Waals surface area contributed by atoms with E-state index in [0.717, 1.165) is 53.3 Å². The highest BCUT2D eigenvalue weighted by Crippen LogP contribution is 2.36. The summed E-state index contributed by atoms with van der Waals surface area (Å²) < 4.78 is 0. The fourth-order valence-electron chi connectivity index (χ4n) is 2.55. The van der Waals surface area contributed by atoms with Gasteiger partial charge in [-0.15, -0.1) is 11.6 Å². The van der Waals surface area contributed by atoms with Gasteiger partial charge >= 0.3 is 0 Å². The number of hydrogen-bond donors (Lipinski definition) is 0. The number of aromatic nitrogens is 1. The molecule has 3 heteroatoms. The van der Waals surface area contributed by atoms with E-state index in [2.05, 4.69) is 4.98 Å². The Kier molecular flexibility index (Phi) is 2.60. The van der Waals surface area contributed by atoms with Crippen LogP contribution in [0.1, 0.15) is 39.8 Å². The largest absolute Gasteiger partial charge is 0.298 e. The highest BCUT2D eigenvalue weighted by molar-refractivity contribution is 6.21. The maximum atomic E-state index is 11.3. The van der Waals surface area contributed by atoms with E-state index in [-0.39, 0.29) is 5.38 Å². The highest BCUT2D eigenvalue weighted by Gasteiger charge is 2.23. The Hall–Kier alpha value is -1.41. The first-order valence-corrected chi connectivity index (χ1v) is 6.25. The van der Waals surface area contributed by atoms with Crippen molar-refractivity contribution in [3.63, 3.8) is 0 Å². The van der Waals surface area contributed by atoms with Crippen LogP contribution in [0, 0.1) is 0 Å². The minimum Gasteiger partial charge on any atom is -0.298 e. The maximum Gasteiger partial charge on any atom is 0.151 e. The molecule has 17 heavy (non-hydrogen) atoms. The molecular formula is C14H12ClNO. The molecule has 0 saturated heterocycles. The molecule has 86 valence electrons. The van der Waals surface area contributed by atoms with Crippen LogP contribution in [0.3, 0.4) is 0 Å². The predicted molar refractivity (Wildman–Crippen MR) is 68.7 cm³/mol. The van der Waals surface area contributed by atoms with Crippen molar-refractivity contribution < 1.29 is 4.79 Å². The molecule has 0 aliphatic heterocycles. The van der Waals surface area contributed by atoms with Crippen LogP contribution in [0.2, 0.25) is 0 Å². The van der Waals surface area contributed by atoms with E-state index < -0.39 is 0 Å². The minimum absolute atomic E-state index is 0.0537. The van der Waals surface area contributed by atoms with Crippen LogP contribution >= 0.6 is 11.6 Å². The molecule has 0 spiro atoms. The van der Waals surface area contributed by atoms with Crippen LogP contribution in [0.25, 0.3) is 10.9 Å². The Morgan fingerprint density at radius 2 is 2.18 bits per heavy atom. The second-order valence-electron chi connectivity index (χ2n) is 4.38. The van der Waals surface area contributed by atoms with Crippen LogP contribution in [0.4, 0.5) is 0 Å². The van der Waals surface area contributed by atoms with Gasteiger partial charge in [0.2, 0.25) is 0 Å². The Labute approximate surface area is 105 Å². The summed E-state index contributed by atoms with van der Waals surface area (Å²) in [6, 6.07) is 7.75. The second kappa shape index (κ2) is 4.11. The summed E-state index contributed by atoms with van der Waals surface area (Å²) in [5.74, 6) is 0. The zero-order valence-corrected chi connectivity index (χ0v) is 10.1. The molecule has 1 aliphatic carbocycles. The normalized spacial score (nSPS) is 19.0. The summed E-state index contributed by atoms with van der Waals surface area (Å²) in [4.78, 5) is 15.9. The fourth-order valence-corrected chi connectivity index (χ4v) is 2.88. The standard InChI is InChI=1S/C14H12ClNO/c15-12-6-3-5-10-11(8-17)9-4-1-2-7-13(9)16-14(10)12/h1-2,4,7-8,12H,3,5-6H2. The molecule has 1 aliphatic rings. The Morgan fingerprint density at radius 1 is 1.35 bits per heavy atom. The number of carbonyl (C=O) groups excluding carboxylic acids is 1. The summed E-state index contributed by atoms with van der Waals surface area (Å²) in [7, 11) is 0. The lowest BCUT2D eigenvalue weighted by Gasteiger charge is -2.22. The van der Waals surface area contributed by atoms with E-state index in [1.165, 1.54) is 0 Å². The molecule has 0 bridgehead atoms. The van der Waals surface area contributed by atoms with Crippen LogP contribution in [0.15, 0.2) is 24.3 Å². The van der Waals surface area contributed by atoms with Crippen LogP contribution in [-0.4, -0.2) is 11.3 Å². The van der Waals surface area contributed by atoms with Crippen molar-refractivity contribution in [2.45, 2.75) is 24.6 Å². The van der Waals surface area contributed by atoms with Crippen LogP contribution < -0.4 is 0 Å². The molecular weight excluding hydrogens is 234 g/mol. The number of pyridine rings is 1. The molecule has 1 heterocycles. The van der Waals surface area contributed by atoms with Crippen molar-refractivity contribution in [1.29, 1.82) is 0 Å². The Morgan fingerprint density at radius 3 is 3.00 bits per heavy atom. The summed E-state index contributed by atoms with van der Waals surface area (Å²) in [5, 5.41) is 0.883. The molecule has 1 atom stereocenters. The average Bonchev–Trinajstić information content (AvgIpc) is 2.37. The van der Waals surface area contributed by atoms with Crippen molar-refractivity contribution in [2.75, 3.05) is 0 Å². The molecule has 1 aromatic heterocycles. The average molecular weight is 246 g/mol. The van der Waals surface area contributed by atoms with Gasteiger partial charge in [-0.1, -0.05) is 18.2 Å². The second-order valence-corrected chi connectivity index (χ2v) is 4.91. The summed E-state index contributed by atoms with van der Waals surface area (Å²) in [6.45, 7) is 0. The molecule has 2 nitrogen and oxygen atoms in total. The van der Waals surface area contributed by atoms with E-state index in [4.69, 9.17) is 11.6 Å². The first kappa shape index (κ1) is 10.7. The van der Waals surface area contributed by atoms with E-state index in [0.29, 0.717) is 0 Å². The molecule has 0 amide bonds. The van der Waals surface area contributed by atoms with Gasteiger partial charge in [0.05, 0.1) is 16.6 Å². The SMILES string of the molecule is O=Cc1c2c(nc3ccccc13)C(Cl)CCC2. The first-order valence-electron chi connectivity index (χ1n) is 5.82. The number of alkyl halides is 1. The van der Waals surface area contributed by atoms with E-state index in [9.17, 15) is 4.79 Å². The van der Waals surface area contributed by atoms with Gasteiger partial charge in [0.1, 0.15) is 0 Å².